The third kappa shape index (κ3) is 9.04. The number of rotatable bonds is 9. The van der Waals surface area contributed by atoms with Crippen molar-refractivity contribution in [2.45, 2.75) is 45.2 Å². The smallest absolute Gasteiger partial charge is 0.329 e. The van der Waals surface area contributed by atoms with Gasteiger partial charge in [0.25, 0.3) is 15.9 Å². The standard InChI is InChI=1S/C31H32N4O6S.CH4/c1-31(2,3)34-30(37)35-42(38,39)28-19-23(29(36)33-20-24-9-5-6-17-32-24)13-16-27(28)41-26-10-7-8-22(18-26)21-11-14-25(40-4)15-12-21;/h5-19H,20H2,1-4H3,(H,33,36)(H2,34,35,37);1H4. The first-order valence-electron chi connectivity index (χ1n) is 13.0. The molecule has 0 saturated heterocycles. The Kier molecular flexibility index (Phi) is 10.5. The quantitative estimate of drug-likeness (QED) is 0.216. The van der Waals surface area contributed by atoms with Gasteiger partial charge in [-0.2, -0.15) is 0 Å². The molecular weight excluding hydrogens is 568 g/mol. The summed E-state index contributed by atoms with van der Waals surface area (Å²) in [5.74, 6) is 0.475. The van der Waals surface area contributed by atoms with Gasteiger partial charge in [-0.25, -0.2) is 17.9 Å². The predicted octanol–water partition coefficient (Wildman–Crippen LogP) is 5.90. The molecule has 4 rings (SSSR count). The first kappa shape index (κ1) is 32.6. The third-order valence-electron chi connectivity index (χ3n) is 5.85. The summed E-state index contributed by atoms with van der Waals surface area (Å²) in [4.78, 5) is 29.2. The number of carbonyl (C=O) groups excluding carboxylic acids is 2. The molecule has 3 aromatic carbocycles. The minimum absolute atomic E-state index is 0. The summed E-state index contributed by atoms with van der Waals surface area (Å²) in [7, 11) is -2.88. The molecule has 3 N–H and O–H groups in total. The number of carbonyl (C=O) groups is 2. The average molecular weight is 605 g/mol. The highest BCUT2D eigenvalue weighted by Gasteiger charge is 2.26. The van der Waals surface area contributed by atoms with E-state index < -0.39 is 27.5 Å². The van der Waals surface area contributed by atoms with Gasteiger partial charge in [0.2, 0.25) is 0 Å². The van der Waals surface area contributed by atoms with Gasteiger partial charge in [-0.1, -0.05) is 37.8 Å². The Morgan fingerprint density at radius 3 is 2.26 bits per heavy atom. The van der Waals surface area contributed by atoms with Gasteiger partial charge in [0.1, 0.15) is 22.1 Å². The van der Waals surface area contributed by atoms with E-state index in [0.717, 1.165) is 11.1 Å². The second-order valence-electron chi connectivity index (χ2n) is 10.3. The Hall–Kier alpha value is -4.90. The van der Waals surface area contributed by atoms with Crippen LogP contribution < -0.4 is 24.8 Å². The molecular formula is C32H36N4O6S. The van der Waals surface area contributed by atoms with Crippen LogP contribution in [-0.2, 0) is 16.6 Å². The number of nitrogens with one attached hydrogen (secondary N) is 3. The van der Waals surface area contributed by atoms with E-state index in [2.05, 4.69) is 15.6 Å². The Bertz CT molecular complexity index is 1670. The molecule has 0 saturated carbocycles. The zero-order valence-electron chi connectivity index (χ0n) is 23.7. The van der Waals surface area contributed by atoms with Crippen LogP contribution in [0.3, 0.4) is 0 Å². The van der Waals surface area contributed by atoms with Crippen LogP contribution in [0.5, 0.6) is 17.2 Å². The second kappa shape index (κ2) is 13.8. The van der Waals surface area contributed by atoms with Crippen molar-refractivity contribution in [1.82, 2.24) is 20.3 Å². The number of sulfonamides is 1. The first-order valence-corrected chi connectivity index (χ1v) is 14.5. The van der Waals surface area contributed by atoms with E-state index in [4.69, 9.17) is 9.47 Å². The minimum Gasteiger partial charge on any atom is -0.497 e. The van der Waals surface area contributed by atoms with Gasteiger partial charge in [-0.3, -0.25) is 9.78 Å². The second-order valence-corrected chi connectivity index (χ2v) is 12.0. The number of benzene rings is 3. The zero-order valence-corrected chi connectivity index (χ0v) is 24.5. The van der Waals surface area contributed by atoms with Crippen LogP contribution in [0.4, 0.5) is 4.79 Å². The third-order valence-corrected chi connectivity index (χ3v) is 7.20. The number of hydrogen-bond donors (Lipinski definition) is 3. The number of aromatic nitrogens is 1. The fourth-order valence-electron chi connectivity index (χ4n) is 3.91. The lowest BCUT2D eigenvalue weighted by atomic mass is 10.1. The number of methoxy groups -OCH3 is 1. The number of nitrogens with zero attached hydrogens (tertiary/aromatic N) is 1. The molecule has 0 aliphatic rings. The van der Waals surface area contributed by atoms with Crippen molar-refractivity contribution < 1.29 is 27.5 Å². The molecule has 226 valence electrons. The summed E-state index contributed by atoms with van der Waals surface area (Å²) in [6, 6.07) is 22.9. The molecule has 0 radical (unpaired) electrons. The van der Waals surface area contributed by atoms with Crippen molar-refractivity contribution >= 4 is 22.0 Å². The summed E-state index contributed by atoms with van der Waals surface area (Å²) >= 11 is 0. The largest absolute Gasteiger partial charge is 0.497 e. The van der Waals surface area contributed by atoms with Crippen LogP contribution in [-0.4, -0.2) is 38.0 Å². The number of urea groups is 1. The Balaban J connectivity index is 0.00000506. The number of hydrogen-bond acceptors (Lipinski definition) is 7. The van der Waals surface area contributed by atoms with E-state index in [1.807, 2.05) is 35.1 Å². The topological polar surface area (TPSA) is 136 Å². The van der Waals surface area contributed by atoms with Crippen molar-refractivity contribution in [3.63, 3.8) is 0 Å². The summed E-state index contributed by atoms with van der Waals surface area (Å²) < 4.78 is 40.1. The van der Waals surface area contributed by atoms with Crippen LogP contribution in [0, 0.1) is 0 Å². The van der Waals surface area contributed by atoms with E-state index in [-0.39, 0.29) is 30.2 Å². The molecule has 43 heavy (non-hydrogen) atoms. The molecule has 0 aliphatic carbocycles. The molecule has 1 aromatic heterocycles. The van der Waals surface area contributed by atoms with Gasteiger partial charge in [0, 0.05) is 17.3 Å². The molecule has 10 nitrogen and oxygen atoms in total. The lowest BCUT2D eigenvalue weighted by Crippen LogP contribution is -2.48. The molecule has 3 amide bonds. The maximum Gasteiger partial charge on any atom is 0.329 e. The Labute approximate surface area is 252 Å². The molecule has 0 atom stereocenters. The van der Waals surface area contributed by atoms with Crippen molar-refractivity contribution in [2.24, 2.45) is 0 Å². The Morgan fingerprint density at radius 2 is 1.60 bits per heavy atom. The summed E-state index contributed by atoms with van der Waals surface area (Å²) in [6.45, 7) is 5.30. The normalized spacial score (nSPS) is 11.1. The number of pyridine rings is 1. The molecule has 0 aliphatic heterocycles. The molecule has 0 unspecified atom stereocenters. The summed E-state index contributed by atoms with van der Waals surface area (Å²) in [6.07, 6.45) is 1.61. The van der Waals surface area contributed by atoms with Crippen LogP contribution in [0.25, 0.3) is 11.1 Å². The highest BCUT2D eigenvalue weighted by Crippen LogP contribution is 2.32. The monoisotopic (exact) mass is 604 g/mol. The first-order chi connectivity index (χ1) is 19.9. The average Bonchev–Trinajstić information content (AvgIpc) is 2.95. The van der Waals surface area contributed by atoms with E-state index in [0.29, 0.717) is 17.2 Å². The molecule has 0 bridgehead atoms. The minimum atomic E-state index is -4.47. The molecule has 0 spiro atoms. The summed E-state index contributed by atoms with van der Waals surface area (Å²) in [5, 5.41) is 5.28. The fourth-order valence-corrected chi connectivity index (χ4v) is 4.97. The molecule has 0 fully saturated rings. The molecule has 1 heterocycles. The van der Waals surface area contributed by atoms with Crippen molar-refractivity contribution in [1.29, 1.82) is 0 Å². The van der Waals surface area contributed by atoms with Gasteiger partial charge < -0.3 is 20.1 Å². The SMILES string of the molecule is C.COc1ccc(-c2cccc(Oc3ccc(C(=O)NCc4ccccn4)cc3S(=O)(=O)NC(=O)NC(C)(C)C)c2)cc1. The van der Waals surface area contributed by atoms with Crippen LogP contribution >= 0.6 is 0 Å². The molecule has 11 heteroatoms. The maximum atomic E-state index is 13.4. The lowest BCUT2D eigenvalue weighted by molar-refractivity contribution is 0.0950. The van der Waals surface area contributed by atoms with Gasteiger partial charge in [0.15, 0.2) is 0 Å². The van der Waals surface area contributed by atoms with Gasteiger partial charge in [0.05, 0.1) is 19.3 Å². The fraction of sp³-hybridized carbons (Fsp3) is 0.219. The maximum absolute atomic E-state index is 13.4. The van der Waals surface area contributed by atoms with E-state index >= 15 is 0 Å². The van der Waals surface area contributed by atoms with Crippen molar-refractivity contribution in [2.75, 3.05) is 7.11 Å². The van der Waals surface area contributed by atoms with Crippen molar-refractivity contribution in [3.8, 4) is 28.4 Å². The highest BCUT2D eigenvalue weighted by molar-refractivity contribution is 7.90. The Morgan fingerprint density at radius 1 is 0.860 bits per heavy atom. The van der Waals surface area contributed by atoms with E-state index in [1.165, 1.54) is 18.2 Å². The lowest BCUT2D eigenvalue weighted by Gasteiger charge is -2.21. The number of amides is 3. The van der Waals surface area contributed by atoms with Gasteiger partial charge in [-0.05, 0) is 86.5 Å². The van der Waals surface area contributed by atoms with Gasteiger partial charge >= 0.3 is 6.03 Å². The highest BCUT2D eigenvalue weighted by atomic mass is 32.2. The van der Waals surface area contributed by atoms with Crippen molar-refractivity contribution in [3.05, 3.63) is 102 Å². The van der Waals surface area contributed by atoms with E-state index in [1.54, 1.807) is 70.5 Å². The predicted molar refractivity (Wildman–Crippen MR) is 166 cm³/mol. The zero-order chi connectivity index (χ0) is 30.3. The summed E-state index contributed by atoms with van der Waals surface area (Å²) in [5.41, 5.74) is 1.73. The molecule has 4 aromatic rings. The van der Waals surface area contributed by atoms with Gasteiger partial charge in [-0.15, -0.1) is 0 Å². The van der Waals surface area contributed by atoms with Crippen LogP contribution in [0.2, 0.25) is 0 Å². The van der Waals surface area contributed by atoms with E-state index in [9.17, 15) is 18.0 Å². The van der Waals surface area contributed by atoms with Crippen LogP contribution in [0.1, 0.15) is 44.2 Å². The van der Waals surface area contributed by atoms with Crippen LogP contribution in [0.15, 0.2) is 96.0 Å². The number of ether oxygens (including phenoxy) is 2.